The zero-order valence-corrected chi connectivity index (χ0v) is 25.4. The van der Waals surface area contributed by atoms with Crippen LogP contribution in [-0.2, 0) is 23.1 Å². The molecule has 42 heavy (non-hydrogen) atoms. The second-order valence-electron chi connectivity index (χ2n) is 10.4. The Labute approximate surface area is 248 Å². The lowest BCUT2D eigenvalue weighted by molar-refractivity contribution is -0.220. The lowest BCUT2D eigenvalue weighted by Crippen LogP contribution is -2.64. The molecular weight excluding hydrogens is 571 g/mol. The van der Waals surface area contributed by atoms with Crippen LogP contribution in [0.2, 0.25) is 0 Å². The molecule has 6 unspecified atom stereocenters. The molecule has 0 radical (unpaired) electrons. The summed E-state index contributed by atoms with van der Waals surface area (Å²) in [5, 5.41) is 58.6. The highest BCUT2D eigenvalue weighted by Gasteiger charge is 2.51. The first kappa shape index (κ1) is 38.6. The van der Waals surface area contributed by atoms with E-state index in [4.69, 9.17) is 4.74 Å². The molecule has 0 aromatic carbocycles. The second-order valence-corrected chi connectivity index (χ2v) is 11.8. The van der Waals surface area contributed by atoms with E-state index in [1.54, 1.807) is 0 Å². The van der Waals surface area contributed by atoms with Gasteiger partial charge in [0.2, 0.25) is 0 Å². The van der Waals surface area contributed by atoms with Crippen LogP contribution in [0.15, 0.2) is 36.5 Å². The summed E-state index contributed by atoms with van der Waals surface area (Å²) in [4.78, 5) is 21.7. The Morgan fingerprint density at radius 2 is 1.24 bits per heavy atom. The van der Waals surface area contributed by atoms with Crippen molar-refractivity contribution in [3.8, 4) is 0 Å². The maximum absolute atomic E-state index is 12.1. The highest BCUT2D eigenvalue weighted by molar-refractivity contribution is 7.47. The van der Waals surface area contributed by atoms with Gasteiger partial charge in [-0.05, 0) is 38.5 Å². The Bertz CT molecular complexity index is 848. The summed E-state index contributed by atoms with van der Waals surface area (Å²) in [6.07, 6.45) is 11.3. The summed E-state index contributed by atoms with van der Waals surface area (Å²) >= 11 is 0. The van der Waals surface area contributed by atoms with Crippen LogP contribution in [-0.4, -0.2) is 97.4 Å². The molecule has 244 valence electrons. The first-order chi connectivity index (χ1) is 20.0. The van der Waals surface area contributed by atoms with Gasteiger partial charge in [0.05, 0.1) is 6.61 Å². The fourth-order valence-electron chi connectivity index (χ4n) is 4.24. The van der Waals surface area contributed by atoms with Crippen LogP contribution >= 0.6 is 7.82 Å². The van der Waals surface area contributed by atoms with Gasteiger partial charge in [0.1, 0.15) is 49.3 Å². The molecule has 0 aromatic heterocycles. The van der Waals surface area contributed by atoms with Crippen molar-refractivity contribution in [3.05, 3.63) is 36.5 Å². The summed E-state index contributed by atoms with van der Waals surface area (Å²) in [7, 11) is -4.99. The minimum Gasteiger partial charge on any atom is -0.463 e. The quantitative estimate of drug-likeness (QED) is 0.0403. The third-order valence-corrected chi connectivity index (χ3v) is 7.71. The minimum absolute atomic E-state index is 0.178. The van der Waals surface area contributed by atoms with Crippen LogP contribution in [0.3, 0.4) is 0 Å². The van der Waals surface area contributed by atoms with Crippen molar-refractivity contribution in [2.24, 2.45) is 0 Å². The Hall–Kier alpha value is -1.44. The smallest absolute Gasteiger partial charge is 0.463 e. The molecule has 1 rings (SSSR count). The number of phosphoric ester groups is 1. The average Bonchev–Trinajstić information content (AvgIpc) is 2.96. The number of ether oxygens (including phenoxy) is 1. The van der Waals surface area contributed by atoms with Crippen molar-refractivity contribution in [1.82, 2.24) is 0 Å². The van der Waals surface area contributed by atoms with Gasteiger partial charge in [0.25, 0.3) is 0 Å². The SMILES string of the molecule is CC/C=C\C/C=C\C/C=C\CCCCCCCCCC(=O)OCC(O)COP(=O)(O)OC1C(O)C(O)C(O)C(O)C1O. The number of phosphoric acid groups is 1. The molecule has 0 aliphatic heterocycles. The summed E-state index contributed by atoms with van der Waals surface area (Å²) in [6, 6.07) is 0. The van der Waals surface area contributed by atoms with Crippen molar-refractivity contribution in [2.45, 2.75) is 127 Å². The van der Waals surface area contributed by atoms with Gasteiger partial charge in [0.15, 0.2) is 0 Å². The highest BCUT2D eigenvalue weighted by atomic mass is 31.2. The van der Waals surface area contributed by atoms with Crippen molar-refractivity contribution >= 4 is 13.8 Å². The second kappa shape index (κ2) is 22.1. The van der Waals surface area contributed by atoms with Crippen LogP contribution in [0.1, 0.15) is 84.0 Å². The zero-order valence-electron chi connectivity index (χ0n) is 24.5. The third kappa shape index (κ3) is 16.4. The number of carbonyl (C=O) groups excluding carboxylic acids is 1. The van der Waals surface area contributed by atoms with Gasteiger partial charge in [-0.3, -0.25) is 13.8 Å². The van der Waals surface area contributed by atoms with E-state index in [2.05, 4.69) is 52.4 Å². The van der Waals surface area contributed by atoms with E-state index < -0.39 is 69.7 Å². The van der Waals surface area contributed by atoms with E-state index in [-0.39, 0.29) is 6.42 Å². The number of allylic oxidation sites excluding steroid dienone is 6. The summed E-state index contributed by atoms with van der Waals surface area (Å²) in [5.41, 5.74) is 0. The highest BCUT2D eigenvalue weighted by Crippen LogP contribution is 2.47. The molecule has 0 bridgehead atoms. The number of rotatable bonds is 22. The Morgan fingerprint density at radius 1 is 0.738 bits per heavy atom. The zero-order chi connectivity index (χ0) is 31.4. The maximum Gasteiger partial charge on any atom is 0.472 e. The number of hydrogen-bond acceptors (Lipinski definition) is 11. The van der Waals surface area contributed by atoms with Gasteiger partial charge in [0, 0.05) is 6.42 Å². The molecule has 0 spiro atoms. The topological polar surface area (TPSA) is 203 Å². The lowest BCUT2D eigenvalue weighted by atomic mass is 9.85. The van der Waals surface area contributed by atoms with Gasteiger partial charge < -0.3 is 40.3 Å². The molecule has 1 saturated carbocycles. The van der Waals surface area contributed by atoms with Crippen LogP contribution in [0.4, 0.5) is 0 Å². The van der Waals surface area contributed by atoms with Gasteiger partial charge in [-0.15, -0.1) is 0 Å². The van der Waals surface area contributed by atoms with E-state index >= 15 is 0 Å². The normalized spacial score (nSPS) is 27.1. The maximum atomic E-state index is 12.1. The number of aliphatic hydroxyl groups excluding tert-OH is 6. The van der Waals surface area contributed by atoms with E-state index in [0.717, 1.165) is 57.8 Å². The van der Waals surface area contributed by atoms with Gasteiger partial charge >= 0.3 is 13.8 Å². The molecule has 1 aliphatic carbocycles. The number of carbonyl (C=O) groups is 1. The molecule has 1 fully saturated rings. The van der Waals surface area contributed by atoms with E-state index in [1.165, 1.54) is 6.42 Å². The standard InChI is InChI=1S/C29H51O12P/c1-2-3-4-5-6-7-8-9-10-11-12-13-14-15-16-17-18-19-23(31)39-20-22(30)21-40-42(37,38)41-29-27(35)25(33)24(32)26(34)28(29)36/h3-4,6-7,9-10,22,24-30,32-36H,2,5,8,11-21H2,1H3,(H,37,38)/b4-3-,7-6-,10-9-. The summed E-state index contributed by atoms with van der Waals surface area (Å²) in [6.45, 7) is 0.857. The predicted molar refractivity (Wildman–Crippen MR) is 156 cm³/mol. The summed E-state index contributed by atoms with van der Waals surface area (Å²) < 4.78 is 26.3. The largest absolute Gasteiger partial charge is 0.472 e. The van der Waals surface area contributed by atoms with Crippen LogP contribution in [0.25, 0.3) is 0 Å². The monoisotopic (exact) mass is 622 g/mol. The average molecular weight is 623 g/mol. The van der Waals surface area contributed by atoms with Gasteiger partial charge in [-0.1, -0.05) is 75.5 Å². The molecule has 6 atom stereocenters. The fourth-order valence-corrected chi connectivity index (χ4v) is 5.22. The van der Waals surface area contributed by atoms with Crippen molar-refractivity contribution in [2.75, 3.05) is 13.2 Å². The molecule has 1 aliphatic rings. The molecule has 0 saturated heterocycles. The molecule has 13 heteroatoms. The van der Waals surface area contributed by atoms with Gasteiger partial charge in [-0.25, -0.2) is 4.57 Å². The molecule has 0 heterocycles. The van der Waals surface area contributed by atoms with Crippen LogP contribution in [0.5, 0.6) is 0 Å². The minimum atomic E-state index is -4.99. The van der Waals surface area contributed by atoms with Crippen molar-refractivity contribution in [3.63, 3.8) is 0 Å². The number of esters is 1. The van der Waals surface area contributed by atoms with E-state index in [0.29, 0.717) is 6.42 Å². The fraction of sp³-hybridized carbons (Fsp3) is 0.759. The van der Waals surface area contributed by atoms with Gasteiger partial charge in [-0.2, -0.15) is 0 Å². The van der Waals surface area contributed by atoms with E-state index in [1.807, 2.05) is 0 Å². The summed E-state index contributed by atoms with van der Waals surface area (Å²) in [5.74, 6) is -0.522. The Balaban J connectivity index is 2.07. The first-order valence-corrected chi connectivity index (χ1v) is 16.3. The third-order valence-electron chi connectivity index (χ3n) is 6.73. The number of unbranched alkanes of at least 4 members (excludes halogenated alkanes) is 7. The van der Waals surface area contributed by atoms with Crippen molar-refractivity contribution < 1.29 is 58.7 Å². The Morgan fingerprint density at radius 3 is 1.83 bits per heavy atom. The van der Waals surface area contributed by atoms with E-state index in [9.17, 15) is 44.9 Å². The molecule has 0 aromatic rings. The lowest BCUT2D eigenvalue weighted by Gasteiger charge is -2.41. The van der Waals surface area contributed by atoms with Crippen LogP contribution in [0, 0.1) is 0 Å². The number of hydrogen-bond donors (Lipinski definition) is 7. The first-order valence-electron chi connectivity index (χ1n) is 14.8. The van der Waals surface area contributed by atoms with Crippen LogP contribution < -0.4 is 0 Å². The molecular formula is C29H51O12P. The molecule has 0 amide bonds. The van der Waals surface area contributed by atoms with Crippen molar-refractivity contribution in [1.29, 1.82) is 0 Å². The predicted octanol–water partition coefficient (Wildman–Crippen LogP) is 2.58. The Kier molecular flexibility index (Phi) is 20.3. The molecule has 7 N–H and O–H groups in total. The number of aliphatic hydroxyl groups is 6. The molecule has 12 nitrogen and oxygen atoms in total.